The number of benzene rings is 2. The molecule has 0 saturated heterocycles. The van der Waals surface area contributed by atoms with Crippen LogP contribution in [0.2, 0.25) is 0 Å². The molecule has 2 aromatic rings. The van der Waals surface area contributed by atoms with Crippen LogP contribution in [0.15, 0.2) is 47.4 Å². The van der Waals surface area contributed by atoms with E-state index in [4.69, 9.17) is 14.6 Å². The summed E-state index contributed by atoms with van der Waals surface area (Å²) in [5.74, 6) is -1.00. The molecule has 0 aromatic heterocycles. The molecule has 0 bridgehead atoms. The normalized spacial score (nSPS) is 10.9. The number of aryl methyl sites for hydroxylation is 1. The Bertz CT molecular complexity index is 940. The lowest BCUT2D eigenvalue weighted by molar-refractivity contribution is -0.119. The number of anilines is 1. The van der Waals surface area contributed by atoms with Gasteiger partial charge in [0.15, 0.2) is 6.61 Å². The molecule has 0 spiro atoms. The average Bonchev–Trinajstić information content (AvgIpc) is 2.59. The molecule has 0 radical (unpaired) electrons. The van der Waals surface area contributed by atoms with Gasteiger partial charge in [0.1, 0.15) is 11.3 Å². The third-order valence-electron chi connectivity index (χ3n) is 3.36. The van der Waals surface area contributed by atoms with Gasteiger partial charge in [-0.2, -0.15) is 0 Å². The second-order valence-electron chi connectivity index (χ2n) is 5.40. The van der Waals surface area contributed by atoms with E-state index in [0.29, 0.717) is 5.75 Å². The maximum absolute atomic E-state index is 12.1. The Labute approximate surface area is 151 Å². The Hall–Kier alpha value is -2.91. The summed E-state index contributed by atoms with van der Waals surface area (Å²) in [6, 6.07) is 10.4. The van der Waals surface area contributed by atoms with Crippen LogP contribution in [0.5, 0.6) is 5.75 Å². The molecule has 9 heteroatoms. The van der Waals surface area contributed by atoms with Gasteiger partial charge >= 0.3 is 5.97 Å². The number of nitrogens with one attached hydrogen (secondary N) is 1. The van der Waals surface area contributed by atoms with Crippen LogP contribution in [0.25, 0.3) is 0 Å². The van der Waals surface area contributed by atoms with Gasteiger partial charge in [0, 0.05) is 5.69 Å². The molecule has 0 unspecified atom stereocenters. The summed E-state index contributed by atoms with van der Waals surface area (Å²) in [7, 11) is -2.46. The highest BCUT2D eigenvalue weighted by molar-refractivity contribution is 7.89. The quantitative estimate of drug-likeness (QED) is 0.733. The maximum Gasteiger partial charge on any atom is 0.342 e. The minimum atomic E-state index is -3.89. The maximum atomic E-state index is 12.1. The zero-order valence-corrected chi connectivity index (χ0v) is 15.0. The number of sulfonamides is 1. The molecule has 8 nitrogen and oxygen atoms in total. The van der Waals surface area contributed by atoms with Crippen LogP contribution in [-0.4, -0.2) is 34.0 Å². The molecule has 1 amide bonds. The predicted octanol–water partition coefficient (Wildman–Crippen LogP) is 1.45. The lowest BCUT2D eigenvalue weighted by Crippen LogP contribution is -2.21. The van der Waals surface area contributed by atoms with E-state index < -0.39 is 28.5 Å². The van der Waals surface area contributed by atoms with Crippen LogP contribution in [0.4, 0.5) is 5.69 Å². The standard InChI is InChI=1S/C17H18N2O6S/c1-11-6-7-15(24-2)14(8-11)17(21)25-10-16(20)19-12-4-3-5-13(9-12)26(18,22)23/h3-9H,10H2,1-2H3,(H,19,20)(H2,18,22,23). The number of nitrogens with two attached hydrogens (primary N) is 1. The van der Waals surface area contributed by atoms with E-state index in [2.05, 4.69) is 5.32 Å². The first-order valence-electron chi connectivity index (χ1n) is 7.45. The first-order valence-corrected chi connectivity index (χ1v) is 9.00. The van der Waals surface area contributed by atoms with Crippen LogP contribution in [0, 0.1) is 6.92 Å². The van der Waals surface area contributed by atoms with E-state index in [9.17, 15) is 18.0 Å². The SMILES string of the molecule is COc1ccc(C)cc1C(=O)OCC(=O)Nc1cccc(S(N)(=O)=O)c1. The van der Waals surface area contributed by atoms with Crippen molar-refractivity contribution in [3.05, 3.63) is 53.6 Å². The van der Waals surface area contributed by atoms with Gasteiger partial charge in [-0.3, -0.25) is 4.79 Å². The van der Waals surface area contributed by atoms with Gasteiger partial charge in [0.25, 0.3) is 5.91 Å². The van der Waals surface area contributed by atoms with Crippen LogP contribution in [-0.2, 0) is 19.6 Å². The number of amides is 1. The Kier molecular flexibility index (Phi) is 5.96. The topological polar surface area (TPSA) is 125 Å². The van der Waals surface area contributed by atoms with Gasteiger partial charge in [-0.1, -0.05) is 17.7 Å². The number of carbonyl (C=O) groups excluding carboxylic acids is 2. The minimum Gasteiger partial charge on any atom is -0.496 e. The van der Waals surface area contributed by atoms with E-state index in [1.54, 1.807) is 25.1 Å². The fraction of sp³-hybridized carbons (Fsp3) is 0.176. The highest BCUT2D eigenvalue weighted by atomic mass is 32.2. The zero-order chi connectivity index (χ0) is 19.3. The first kappa shape index (κ1) is 19.4. The van der Waals surface area contributed by atoms with Gasteiger partial charge in [0.05, 0.1) is 12.0 Å². The summed E-state index contributed by atoms with van der Waals surface area (Å²) in [5.41, 5.74) is 1.25. The number of esters is 1. The predicted molar refractivity (Wildman–Crippen MR) is 94.5 cm³/mol. The Morgan fingerprint density at radius 3 is 2.54 bits per heavy atom. The second kappa shape index (κ2) is 7.98. The molecule has 0 saturated carbocycles. The molecule has 138 valence electrons. The Morgan fingerprint density at radius 1 is 1.15 bits per heavy atom. The Morgan fingerprint density at radius 2 is 1.88 bits per heavy atom. The smallest absolute Gasteiger partial charge is 0.342 e. The fourth-order valence-electron chi connectivity index (χ4n) is 2.14. The van der Waals surface area contributed by atoms with E-state index >= 15 is 0 Å². The third kappa shape index (κ3) is 5.04. The van der Waals surface area contributed by atoms with Crippen molar-refractivity contribution in [1.82, 2.24) is 0 Å². The van der Waals surface area contributed by atoms with E-state index in [-0.39, 0.29) is 16.1 Å². The van der Waals surface area contributed by atoms with Gasteiger partial charge in [0.2, 0.25) is 10.0 Å². The van der Waals surface area contributed by atoms with Gasteiger partial charge < -0.3 is 14.8 Å². The summed E-state index contributed by atoms with van der Waals surface area (Å²) >= 11 is 0. The lowest BCUT2D eigenvalue weighted by atomic mass is 10.1. The zero-order valence-electron chi connectivity index (χ0n) is 14.2. The van der Waals surface area contributed by atoms with Crippen LogP contribution in [0.3, 0.4) is 0 Å². The van der Waals surface area contributed by atoms with Crippen molar-refractivity contribution in [3.63, 3.8) is 0 Å². The Balaban J connectivity index is 2.01. The van der Waals surface area contributed by atoms with E-state index in [1.807, 2.05) is 0 Å². The number of methoxy groups -OCH3 is 1. The number of hydrogen-bond acceptors (Lipinski definition) is 6. The largest absolute Gasteiger partial charge is 0.496 e. The summed E-state index contributed by atoms with van der Waals surface area (Å²) in [6.07, 6.45) is 0. The lowest BCUT2D eigenvalue weighted by Gasteiger charge is -2.10. The van der Waals surface area contributed by atoms with Crippen LogP contribution in [0.1, 0.15) is 15.9 Å². The monoisotopic (exact) mass is 378 g/mol. The molecule has 0 fully saturated rings. The van der Waals surface area contributed by atoms with Crippen molar-refractivity contribution in [2.75, 3.05) is 19.0 Å². The number of hydrogen-bond donors (Lipinski definition) is 2. The summed E-state index contributed by atoms with van der Waals surface area (Å²) < 4.78 is 32.7. The number of primary sulfonamides is 1. The molecule has 3 N–H and O–H groups in total. The van der Waals surface area contributed by atoms with Crippen LogP contribution < -0.4 is 15.2 Å². The summed E-state index contributed by atoms with van der Waals surface area (Å²) in [4.78, 5) is 23.9. The molecule has 0 aliphatic rings. The van der Waals surface area contributed by atoms with Crippen molar-refractivity contribution in [2.24, 2.45) is 5.14 Å². The van der Waals surface area contributed by atoms with E-state index in [0.717, 1.165) is 5.56 Å². The molecule has 0 aliphatic heterocycles. The first-order chi connectivity index (χ1) is 12.2. The van der Waals surface area contributed by atoms with Crippen molar-refractivity contribution in [2.45, 2.75) is 11.8 Å². The van der Waals surface area contributed by atoms with Crippen molar-refractivity contribution in [1.29, 1.82) is 0 Å². The number of ether oxygens (including phenoxy) is 2. The molecular weight excluding hydrogens is 360 g/mol. The highest BCUT2D eigenvalue weighted by Crippen LogP contribution is 2.20. The van der Waals surface area contributed by atoms with Crippen molar-refractivity contribution in [3.8, 4) is 5.75 Å². The molecule has 2 rings (SSSR count). The number of rotatable bonds is 6. The van der Waals surface area contributed by atoms with Crippen molar-refractivity contribution >= 4 is 27.6 Å². The van der Waals surface area contributed by atoms with E-state index in [1.165, 1.54) is 31.4 Å². The summed E-state index contributed by atoms with van der Waals surface area (Å²) in [5, 5.41) is 7.47. The molecule has 0 atom stereocenters. The van der Waals surface area contributed by atoms with Gasteiger partial charge in [-0.25, -0.2) is 18.4 Å². The van der Waals surface area contributed by atoms with Gasteiger partial charge in [-0.05, 0) is 37.3 Å². The van der Waals surface area contributed by atoms with Crippen LogP contribution >= 0.6 is 0 Å². The minimum absolute atomic E-state index is 0.142. The van der Waals surface area contributed by atoms with Gasteiger partial charge in [-0.15, -0.1) is 0 Å². The molecule has 0 heterocycles. The molecule has 26 heavy (non-hydrogen) atoms. The average molecular weight is 378 g/mol. The molecule has 2 aromatic carbocycles. The molecular formula is C17H18N2O6S. The van der Waals surface area contributed by atoms with Crippen molar-refractivity contribution < 1.29 is 27.5 Å². The highest BCUT2D eigenvalue weighted by Gasteiger charge is 2.16. The second-order valence-corrected chi connectivity index (χ2v) is 6.96. The number of carbonyl (C=O) groups is 2. The summed E-state index contributed by atoms with van der Waals surface area (Å²) in [6.45, 7) is 1.26. The fourth-order valence-corrected chi connectivity index (χ4v) is 2.70. The third-order valence-corrected chi connectivity index (χ3v) is 4.27. The molecule has 0 aliphatic carbocycles.